The minimum Gasteiger partial charge on any atom is -0.339 e. The summed E-state index contributed by atoms with van der Waals surface area (Å²) in [7, 11) is 0. The lowest BCUT2D eigenvalue weighted by atomic mass is 10.1. The zero-order chi connectivity index (χ0) is 15.6. The number of benzene rings is 1. The quantitative estimate of drug-likeness (QED) is 0.738. The van der Waals surface area contributed by atoms with E-state index in [9.17, 15) is 4.79 Å². The van der Waals surface area contributed by atoms with Crippen molar-refractivity contribution in [2.45, 2.75) is 18.9 Å². The van der Waals surface area contributed by atoms with Crippen LogP contribution in [0.1, 0.15) is 23.1 Å². The molecule has 1 saturated heterocycles. The van der Waals surface area contributed by atoms with E-state index >= 15 is 0 Å². The molecule has 4 rings (SSSR count). The third kappa shape index (κ3) is 2.90. The lowest BCUT2D eigenvalue weighted by molar-refractivity contribution is -0.128. The minimum atomic E-state index is -0.0209. The minimum absolute atomic E-state index is 0.0209. The fraction of sp³-hybridized carbons (Fsp3) is 0.235. The van der Waals surface area contributed by atoms with Crippen molar-refractivity contribution in [1.29, 1.82) is 0 Å². The second-order valence-electron chi connectivity index (χ2n) is 5.58. The van der Waals surface area contributed by atoms with Crippen LogP contribution in [0.3, 0.4) is 0 Å². The number of carbonyl (C=O) groups is 1. The van der Waals surface area contributed by atoms with Crippen LogP contribution in [0.15, 0.2) is 52.4 Å². The van der Waals surface area contributed by atoms with E-state index in [-0.39, 0.29) is 11.8 Å². The van der Waals surface area contributed by atoms with E-state index in [1.807, 2.05) is 52.7 Å². The maximum atomic E-state index is 12.2. The van der Waals surface area contributed by atoms with Crippen LogP contribution in [0.2, 0.25) is 0 Å². The zero-order valence-corrected chi connectivity index (χ0v) is 13.2. The Kier molecular flexibility index (Phi) is 3.67. The monoisotopic (exact) mass is 325 g/mol. The van der Waals surface area contributed by atoms with E-state index < -0.39 is 0 Å². The van der Waals surface area contributed by atoms with Gasteiger partial charge in [-0.05, 0) is 11.4 Å². The Labute approximate surface area is 137 Å². The molecule has 0 aliphatic carbocycles. The Morgan fingerprint density at radius 3 is 2.87 bits per heavy atom. The van der Waals surface area contributed by atoms with Crippen LogP contribution in [0.4, 0.5) is 0 Å². The van der Waals surface area contributed by atoms with Crippen LogP contribution >= 0.6 is 11.3 Å². The number of amides is 1. The highest BCUT2D eigenvalue weighted by atomic mass is 32.1. The Balaban J connectivity index is 1.49. The molecule has 3 heterocycles. The second kappa shape index (κ2) is 5.96. The van der Waals surface area contributed by atoms with Gasteiger partial charge in [-0.15, -0.1) is 11.3 Å². The normalized spacial score (nSPS) is 17.8. The van der Waals surface area contributed by atoms with Gasteiger partial charge in [-0.2, -0.15) is 4.98 Å². The van der Waals surface area contributed by atoms with E-state index in [2.05, 4.69) is 10.1 Å². The van der Waals surface area contributed by atoms with Crippen LogP contribution in [-0.4, -0.2) is 27.5 Å². The van der Waals surface area contributed by atoms with Crippen LogP contribution < -0.4 is 0 Å². The van der Waals surface area contributed by atoms with Gasteiger partial charge in [0.1, 0.15) is 0 Å². The number of carbonyl (C=O) groups excluding carboxylic acids is 1. The van der Waals surface area contributed by atoms with E-state index in [1.54, 1.807) is 11.3 Å². The molecule has 0 radical (unpaired) electrons. The summed E-state index contributed by atoms with van der Waals surface area (Å²) >= 11 is 1.66. The fourth-order valence-corrected chi connectivity index (χ4v) is 3.51. The van der Waals surface area contributed by atoms with Gasteiger partial charge in [0, 0.05) is 23.4 Å². The van der Waals surface area contributed by atoms with Gasteiger partial charge in [-0.1, -0.05) is 41.6 Å². The first-order chi connectivity index (χ1) is 11.3. The van der Waals surface area contributed by atoms with Crippen molar-refractivity contribution >= 4 is 17.2 Å². The molecule has 5 nitrogen and oxygen atoms in total. The highest BCUT2D eigenvalue weighted by molar-refractivity contribution is 7.09. The lowest BCUT2D eigenvalue weighted by Crippen LogP contribution is -2.23. The molecule has 1 amide bonds. The summed E-state index contributed by atoms with van der Waals surface area (Å²) in [6.45, 7) is 1.29. The SMILES string of the molecule is O=C1CC(c2nc(-c3ccccc3)no2)CN1Cc1cccs1. The molecule has 1 aliphatic heterocycles. The van der Waals surface area contributed by atoms with Crippen LogP contribution in [0, 0.1) is 0 Å². The van der Waals surface area contributed by atoms with Gasteiger partial charge in [0.2, 0.25) is 17.6 Å². The molecule has 23 heavy (non-hydrogen) atoms. The van der Waals surface area contributed by atoms with Crippen LogP contribution in [-0.2, 0) is 11.3 Å². The molecule has 1 unspecified atom stereocenters. The molecule has 1 fully saturated rings. The number of hydrogen-bond donors (Lipinski definition) is 0. The highest BCUT2D eigenvalue weighted by Gasteiger charge is 2.34. The van der Waals surface area contributed by atoms with Crippen molar-refractivity contribution < 1.29 is 9.32 Å². The van der Waals surface area contributed by atoms with Crippen molar-refractivity contribution in [1.82, 2.24) is 15.0 Å². The molecule has 0 spiro atoms. The highest BCUT2D eigenvalue weighted by Crippen LogP contribution is 2.30. The molecule has 6 heteroatoms. The number of hydrogen-bond acceptors (Lipinski definition) is 5. The Bertz CT molecular complexity index is 798. The first kappa shape index (κ1) is 14.1. The number of aromatic nitrogens is 2. The second-order valence-corrected chi connectivity index (χ2v) is 6.61. The maximum Gasteiger partial charge on any atom is 0.232 e. The van der Waals surface area contributed by atoms with Crippen LogP contribution in [0.25, 0.3) is 11.4 Å². The zero-order valence-electron chi connectivity index (χ0n) is 12.4. The predicted octanol–water partition coefficient (Wildman–Crippen LogP) is 3.31. The summed E-state index contributed by atoms with van der Waals surface area (Å²) in [5, 5.41) is 6.07. The average Bonchev–Trinajstić information content (AvgIpc) is 3.31. The van der Waals surface area contributed by atoms with E-state index in [0.29, 0.717) is 31.2 Å². The van der Waals surface area contributed by atoms with Crippen molar-refractivity contribution in [3.05, 3.63) is 58.6 Å². The molecule has 3 aromatic rings. The fourth-order valence-electron chi connectivity index (χ4n) is 2.79. The van der Waals surface area contributed by atoms with E-state index in [1.165, 1.54) is 4.88 Å². The third-order valence-electron chi connectivity index (χ3n) is 3.96. The largest absolute Gasteiger partial charge is 0.339 e. The molecular weight excluding hydrogens is 310 g/mol. The van der Waals surface area contributed by atoms with Gasteiger partial charge in [0.15, 0.2) is 0 Å². The molecule has 0 bridgehead atoms. The molecule has 2 aromatic heterocycles. The van der Waals surface area contributed by atoms with Gasteiger partial charge in [0.05, 0.1) is 12.5 Å². The molecule has 116 valence electrons. The van der Waals surface area contributed by atoms with Crippen molar-refractivity contribution in [3.8, 4) is 11.4 Å². The average molecular weight is 325 g/mol. The van der Waals surface area contributed by atoms with E-state index in [0.717, 1.165) is 5.56 Å². The van der Waals surface area contributed by atoms with Gasteiger partial charge >= 0.3 is 0 Å². The molecule has 0 N–H and O–H groups in total. The van der Waals surface area contributed by atoms with Crippen molar-refractivity contribution in [3.63, 3.8) is 0 Å². The molecule has 1 aromatic carbocycles. The first-order valence-electron chi connectivity index (χ1n) is 7.49. The Morgan fingerprint density at radius 1 is 1.22 bits per heavy atom. The third-order valence-corrected chi connectivity index (χ3v) is 4.83. The smallest absolute Gasteiger partial charge is 0.232 e. The summed E-state index contributed by atoms with van der Waals surface area (Å²) in [6, 6.07) is 13.8. The van der Waals surface area contributed by atoms with Gasteiger partial charge in [0.25, 0.3) is 0 Å². The van der Waals surface area contributed by atoms with Crippen molar-refractivity contribution in [2.24, 2.45) is 0 Å². The molecule has 1 aliphatic rings. The van der Waals surface area contributed by atoms with Gasteiger partial charge < -0.3 is 9.42 Å². The Hall–Kier alpha value is -2.47. The predicted molar refractivity (Wildman–Crippen MR) is 86.8 cm³/mol. The molecule has 1 atom stereocenters. The molecule has 0 saturated carbocycles. The maximum absolute atomic E-state index is 12.2. The summed E-state index contributed by atoms with van der Waals surface area (Å²) in [5.41, 5.74) is 0.919. The topological polar surface area (TPSA) is 59.2 Å². The summed E-state index contributed by atoms with van der Waals surface area (Å²) in [6.07, 6.45) is 0.432. The number of rotatable bonds is 4. The van der Waals surface area contributed by atoms with E-state index in [4.69, 9.17) is 4.52 Å². The van der Waals surface area contributed by atoms with Crippen LogP contribution in [0.5, 0.6) is 0 Å². The summed E-state index contributed by atoms with van der Waals surface area (Å²) in [4.78, 5) is 19.7. The molecular formula is C17H15N3O2S. The van der Waals surface area contributed by atoms with Gasteiger partial charge in [-0.25, -0.2) is 0 Å². The number of nitrogens with zero attached hydrogens (tertiary/aromatic N) is 3. The lowest BCUT2D eigenvalue weighted by Gasteiger charge is -2.14. The summed E-state index contributed by atoms with van der Waals surface area (Å²) < 4.78 is 5.40. The summed E-state index contributed by atoms with van der Waals surface area (Å²) in [5.74, 6) is 1.24. The number of thiophene rings is 1. The first-order valence-corrected chi connectivity index (χ1v) is 8.37. The number of likely N-dealkylation sites (tertiary alicyclic amines) is 1. The standard InChI is InChI=1S/C17H15N3O2S/c21-15-9-13(10-20(15)11-14-7-4-8-23-14)17-18-16(19-22-17)12-5-2-1-3-6-12/h1-8,13H,9-11H2. The van der Waals surface area contributed by atoms with Gasteiger partial charge in [-0.3, -0.25) is 4.79 Å². The van der Waals surface area contributed by atoms with Crippen molar-refractivity contribution in [2.75, 3.05) is 6.54 Å². The Morgan fingerprint density at radius 2 is 2.09 bits per heavy atom.